The number of hydrogen-bond acceptors (Lipinski definition) is 3. The Morgan fingerprint density at radius 3 is 2.58 bits per heavy atom. The van der Waals surface area contributed by atoms with Crippen molar-refractivity contribution in [2.75, 3.05) is 13.6 Å². The molecule has 0 amide bonds. The highest BCUT2D eigenvalue weighted by atomic mass is 16.4. The zero-order chi connectivity index (χ0) is 14.5. The van der Waals surface area contributed by atoms with Crippen LogP contribution in [0.5, 0.6) is 0 Å². The zero-order valence-electron chi connectivity index (χ0n) is 12.9. The second-order valence-electron chi connectivity index (χ2n) is 6.25. The van der Waals surface area contributed by atoms with Gasteiger partial charge in [-0.1, -0.05) is 6.92 Å². The molecule has 2 unspecified atom stereocenters. The van der Waals surface area contributed by atoms with Crippen LogP contribution in [0.1, 0.15) is 59.3 Å². The Morgan fingerprint density at radius 1 is 1.47 bits per heavy atom. The van der Waals surface area contributed by atoms with Gasteiger partial charge >= 0.3 is 5.97 Å². The number of unbranched alkanes of at least 4 members (excludes halogenated alkanes) is 1. The number of nitrogens with zero attached hydrogens (tertiary/aromatic N) is 1. The Bertz CT molecular complexity index is 292. The summed E-state index contributed by atoms with van der Waals surface area (Å²) in [6, 6.07) is 1.04. The molecule has 0 aliphatic heterocycles. The van der Waals surface area contributed by atoms with Crippen LogP contribution in [-0.2, 0) is 4.79 Å². The molecule has 0 saturated heterocycles. The second kappa shape index (κ2) is 7.25. The van der Waals surface area contributed by atoms with E-state index in [-0.39, 0.29) is 0 Å². The van der Waals surface area contributed by atoms with Gasteiger partial charge in [0.05, 0.1) is 0 Å². The molecular formula is C15H30N2O2. The third-order valence-corrected chi connectivity index (χ3v) is 4.35. The highest BCUT2D eigenvalue weighted by molar-refractivity contribution is 5.78. The quantitative estimate of drug-likeness (QED) is 0.599. The van der Waals surface area contributed by atoms with Crippen LogP contribution in [0.2, 0.25) is 0 Å². The number of nitrogens with one attached hydrogen (secondary N) is 1. The summed E-state index contributed by atoms with van der Waals surface area (Å²) in [6.45, 7) is 7.30. The fourth-order valence-corrected chi connectivity index (χ4v) is 2.29. The average Bonchev–Trinajstić information content (AvgIpc) is 3.16. The fourth-order valence-electron chi connectivity index (χ4n) is 2.29. The first-order valence-corrected chi connectivity index (χ1v) is 7.60. The molecule has 2 atom stereocenters. The van der Waals surface area contributed by atoms with Crippen molar-refractivity contribution < 1.29 is 9.90 Å². The van der Waals surface area contributed by atoms with Gasteiger partial charge in [-0.25, -0.2) is 0 Å². The van der Waals surface area contributed by atoms with Gasteiger partial charge in [-0.05, 0) is 66.0 Å². The van der Waals surface area contributed by atoms with Gasteiger partial charge in [-0.2, -0.15) is 0 Å². The maximum Gasteiger partial charge on any atom is 0.323 e. The van der Waals surface area contributed by atoms with Gasteiger partial charge in [0.2, 0.25) is 0 Å². The van der Waals surface area contributed by atoms with Gasteiger partial charge in [-0.15, -0.1) is 0 Å². The van der Waals surface area contributed by atoms with E-state index in [1.807, 2.05) is 6.92 Å². The lowest BCUT2D eigenvalue weighted by atomic mass is 9.94. The molecule has 0 bridgehead atoms. The molecule has 0 aromatic carbocycles. The molecule has 0 spiro atoms. The Morgan fingerprint density at radius 2 is 2.11 bits per heavy atom. The van der Waals surface area contributed by atoms with E-state index in [0.29, 0.717) is 18.5 Å². The van der Waals surface area contributed by atoms with E-state index in [2.05, 4.69) is 31.1 Å². The molecule has 4 nitrogen and oxygen atoms in total. The Labute approximate surface area is 117 Å². The average molecular weight is 270 g/mol. The summed E-state index contributed by atoms with van der Waals surface area (Å²) < 4.78 is 0. The van der Waals surface area contributed by atoms with Gasteiger partial charge in [0.15, 0.2) is 0 Å². The molecule has 0 aromatic rings. The minimum Gasteiger partial charge on any atom is -0.480 e. The lowest BCUT2D eigenvalue weighted by molar-refractivity contribution is -0.144. The Kier molecular flexibility index (Phi) is 6.27. The van der Waals surface area contributed by atoms with Crippen LogP contribution in [0.25, 0.3) is 0 Å². The van der Waals surface area contributed by atoms with Crippen LogP contribution in [-0.4, -0.2) is 47.2 Å². The lowest BCUT2D eigenvalue weighted by Crippen LogP contribution is -2.50. The predicted octanol–water partition coefficient (Wildman–Crippen LogP) is 2.48. The van der Waals surface area contributed by atoms with Crippen molar-refractivity contribution in [2.45, 2.75) is 76.9 Å². The normalized spacial score (nSPS) is 20.3. The Balaban J connectivity index is 2.26. The fraction of sp³-hybridized carbons (Fsp3) is 0.933. The van der Waals surface area contributed by atoms with E-state index in [1.54, 1.807) is 0 Å². The molecule has 4 heteroatoms. The molecule has 1 fully saturated rings. The van der Waals surface area contributed by atoms with E-state index in [1.165, 1.54) is 0 Å². The first-order valence-electron chi connectivity index (χ1n) is 7.60. The number of carboxylic acids is 1. The molecular weight excluding hydrogens is 240 g/mol. The zero-order valence-corrected chi connectivity index (χ0v) is 12.9. The molecule has 2 N–H and O–H groups in total. The maximum absolute atomic E-state index is 11.4. The molecule has 1 rings (SSSR count). The minimum atomic E-state index is -0.740. The van der Waals surface area contributed by atoms with Crippen molar-refractivity contribution in [1.29, 1.82) is 0 Å². The topological polar surface area (TPSA) is 52.6 Å². The molecule has 1 aliphatic rings. The number of aliphatic carboxylic acids is 1. The van der Waals surface area contributed by atoms with E-state index >= 15 is 0 Å². The number of rotatable bonds is 10. The first kappa shape index (κ1) is 16.4. The van der Waals surface area contributed by atoms with Crippen LogP contribution in [0.15, 0.2) is 0 Å². The third kappa shape index (κ3) is 5.49. The van der Waals surface area contributed by atoms with Gasteiger partial charge in [0.25, 0.3) is 0 Å². The summed E-state index contributed by atoms with van der Waals surface area (Å²) in [7, 11) is 2.15. The molecule has 0 aromatic heterocycles. The number of hydrogen-bond donors (Lipinski definition) is 2. The monoisotopic (exact) mass is 270 g/mol. The molecule has 19 heavy (non-hydrogen) atoms. The highest BCUT2D eigenvalue weighted by Crippen LogP contribution is 2.25. The molecule has 0 heterocycles. The van der Waals surface area contributed by atoms with E-state index < -0.39 is 11.5 Å². The van der Waals surface area contributed by atoms with Crippen molar-refractivity contribution in [3.8, 4) is 0 Å². The largest absolute Gasteiger partial charge is 0.480 e. The van der Waals surface area contributed by atoms with Crippen molar-refractivity contribution in [3.63, 3.8) is 0 Å². The lowest BCUT2D eigenvalue weighted by Gasteiger charge is -2.27. The van der Waals surface area contributed by atoms with Crippen LogP contribution >= 0.6 is 0 Å². The summed E-state index contributed by atoms with van der Waals surface area (Å²) >= 11 is 0. The van der Waals surface area contributed by atoms with Gasteiger partial charge < -0.3 is 10.0 Å². The summed E-state index contributed by atoms with van der Waals surface area (Å²) in [5.41, 5.74) is -0.740. The first-order chi connectivity index (χ1) is 8.89. The van der Waals surface area contributed by atoms with Gasteiger partial charge in [0, 0.05) is 12.1 Å². The van der Waals surface area contributed by atoms with E-state index in [0.717, 1.165) is 38.6 Å². The SMILES string of the molecule is CCC(C)N(C)CCCCC(C)(NC1CC1)C(=O)O. The van der Waals surface area contributed by atoms with Crippen LogP contribution < -0.4 is 5.32 Å². The highest BCUT2D eigenvalue weighted by Gasteiger charge is 2.37. The van der Waals surface area contributed by atoms with Crippen LogP contribution in [0.4, 0.5) is 0 Å². The molecule has 1 aliphatic carbocycles. The van der Waals surface area contributed by atoms with Crippen molar-refractivity contribution in [2.24, 2.45) is 0 Å². The molecule has 112 valence electrons. The molecule has 1 saturated carbocycles. The molecule has 0 radical (unpaired) electrons. The standard InChI is InChI=1S/C15H30N2O2/c1-5-12(2)17(4)11-7-6-10-15(3,14(18)19)16-13-8-9-13/h12-13,16H,5-11H2,1-4H3,(H,18,19). The number of carbonyl (C=O) groups is 1. The van der Waals surface area contributed by atoms with Gasteiger partial charge in [0.1, 0.15) is 5.54 Å². The van der Waals surface area contributed by atoms with Crippen molar-refractivity contribution in [1.82, 2.24) is 10.2 Å². The summed E-state index contributed by atoms with van der Waals surface area (Å²) in [6.07, 6.45) is 6.15. The summed E-state index contributed by atoms with van der Waals surface area (Å²) in [5.74, 6) is -0.713. The summed E-state index contributed by atoms with van der Waals surface area (Å²) in [4.78, 5) is 13.7. The van der Waals surface area contributed by atoms with Gasteiger partial charge in [-0.3, -0.25) is 10.1 Å². The van der Waals surface area contributed by atoms with Crippen LogP contribution in [0, 0.1) is 0 Å². The predicted molar refractivity (Wildman–Crippen MR) is 78.4 cm³/mol. The smallest absolute Gasteiger partial charge is 0.323 e. The van der Waals surface area contributed by atoms with Crippen molar-refractivity contribution >= 4 is 5.97 Å². The van der Waals surface area contributed by atoms with Crippen LogP contribution in [0.3, 0.4) is 0 Å². The Hall–Kier alpha value is -0.610. The minimum absolute atomic E-state index is 0.434. The van der Waals surface area contributed by atoms with E-state index in [9.17, 15) is 9.90 Å². The number of carboxylic acid groups (broad SMARTS) is 1. The maximum atomic E-state index is 11.4. The summed E-state index contributed by atoms with van der Waals surface area (Å²) in [5, 5.41) is 12.6. The second-order valence-corrected chi connectivity index (χ2v) is 6.25. The third-order valence-electron chi connectivity index (χ3n) is 4.35. The van der Waals surface area contributed by atoms with E-state index in [4.69, 9.17) is 0 Å². The van der Waals surface area contributed by atoms with Crippen molar-refractivity contribution in [3.05, 3.63) is 0 Å².